The monoisotopic (exact) mass is 560 g/mol. The van der Waals surface area contributed by atoms with Crippen LogP contribution in [0.3, 0.4) is 0 Å². The van der Waals surface area contributed by atoms with Gasteiger partial charge in [0.15, 0.2) is 5.69 Å². The minimum atomic E-state index is -4.62. The fourth-order valence-corrected chi connectivity index (χ4v) is 4.52. The van der Waals surface area contributed by atoms with Crippen molar-refractivity contribution in [2.75, 3.05) is 48.3 Å². The SMILES string of the molecule is Cc1nsc(Nc2cnc(C(F)(F)F)cn2)c1C(=O)Nc1ccc(N2CCN(CCC(F)(F)F)CC2)cn1. The van der Waals surface area contributed by atoms with Crippen LogP contribution in [0.1, 0.15) is 28.2 Å². The molecular formula is C22H22F6N8OS. The van der Waals surface area contributed by atoms with Crippen LogP contribution in [0.2, 0.25) is 0 Å². The molecule has 0 aliphatic carbocycles. The van der Waals surface area contributed by atoms with Gasteiger partial charge in [-0.1, -0.05) is 0 Å². The number of nitrogens with zero attached hydrogens (tertiary/aromatic N) is 6. The van der Waals surface area contributed by atoms with E-state index in [9.17, 15) is 31.1 Å². The van der Waals surface area contributed by atoms with E-state index in [0.29, 0.717) is 38.1 Å². The summed E-state index contributed by atoms with van der Waals surface area (Å²) in [6.45, 7) is 3.68. The quantitative estimate of drug-likeness (QED) is 0.401. The maximum absolute atomic E-state index is 12.9. The van der Waals surface area contributed by atoms with E-state index in [1.165, 1.54) is 0 Å². The molecule has 1 fully saturated rings. The summed E-state index contributed by atoms with van der Waals surface area (Å²) in [5.41, 5.74) is 0.210. The molecule has 0 saturated carbocycles. The molecule has 0 aromatic carbocycles. The summed E-state index contributed by atoms with van der Waals surface area (Å²) in [6.07, 6.45) is -6.56. The summed E-state index contributed by atoms with van der Waals surface area (Å²) in [5, 5.41) is 5.71. The minimum Gasteiger partial charge on any atom is -0.368 e. The highest BCUT2D eigenvalue weighted by molar-refractivity contribution is 7.10. The Kier molecular flexibility index (Phi) is 8.01. The van der Waals surface area contributed by atoms with E-state index in [-0.39, 0.29) is 28.7 Å². The number of pyridine rings is 1. The Morgan fingerprint density at radius 2 is 1.68 bits per heavy atom. The zero-order valence-corrected chi connectivity index (χ0v) is 20.7. The molecule has 38 heavy (non-hydrogen) atoms. The zero-order chi connectivity index (χ0) is 27.5. The van der Waals surface area contributed by atoms with Gasteiger partial charge in [0, 0.05) is 32.7 Å². The van der Waals surface area contributed by atoms with Crippen LogP contribution in [0, 0.1) is 6.92 Å². The van der Waals surface area contributed by atoms with Gasteiger partial charge in [0.05, 0.1) is 42.0 Å². The van der Waals surface area contributed by atoms with E-state index in [1.54, 1.807) is 30.2 Å². The molecule has 1 saturated heterocycles. The molecule has 0 unspecified atom stereocenters. The largest absolute Gasteiger partial charge is 0.434 e. The summed E-state index contributed by atoms with van der Waals surface area (Å²) >= 11 is 0.940. The molecule has 204 valence electrons. The van der Waals surface area contributed by atoms with Crippen molar-refractivity contribution < 1.29 is 31.1 Å². The molecule has 1 aliphatic heterocycles. The first kappa shape index (κ1) is 27.5. The summed E-state index contributed by atoms with van der Waals surface area (Å²) in [4.78, 5) is 28.0. The van der Waals surface area contributed by atoms with E-state index < -0.39 is 30.4 Å². The van der Waals surface area contributed by atoms with Crippen LogP contribution < -0.4 is 15.5 Å². The Labute approximate surface area is 217 Å². The molecule has 1 amide bonds. The molecule has 4 rings (SSSR count). The third-order valence-corrected chi connectivity index (χ3v) is 6.57. The number of halogens is 6. The van der Waals surface area contributed by atoms with Crippen LogP contribution >= 0.6 is 11.5 Å². The lowest BCUT2D eigenvalue weighted by atomic mass is 10.2. The second-order valence-corrected chi connectivity index (χ2v) is 9.20. The van der Waals surface area contributed by atoms with E-state index in [0.717, 1.165) is 23.4 Å². The normalized spacial score (nSPS) is 15.0. The maximum Gasteiger partial charge on any atom is 0.434 e. The van der Waals surface area contributed by atoms with Crippen molar-refractivity contribution in [2.45, 2.75) is 25.7 Å². The average Bonchev–Trinajstić information content (AvgIpc) is 3.22. The molecule has 0 spiro atoms. The Balaban J connectivity index is 1.35. The summed E-state index contributed by atoms with van der Waals surface area (Å²) in [6, 6.07) is 3.36. The fourth-order valence-electron chi connectivity index (χ4n) is 3.72. The highest BCUT2D eigenvalue weighted by Gasteiger charge is 2.33. The molecule has 1 aliphatic rings. The molecule has 4 heterocycles. The predicted octanol–water partition coefficient (Wildman–Crippen LogP) is 4.73. The number of anilines is 4. The molecule has 0 radical (unpaired) electrons. The van der Waals surface area contributed by atoms with Crippen molar-refractivity contribution in [3.05, 3.63) is 47.7 Å². The van der Waals surface area contributed by atoms with Crippen LogP contribution in [-0.4, -0.2) is 69.0 Å². The molecule has 2 N–H and O–H groups in total. The topological polar surface area (TPSA) is 99.2 Å². The molecule has 0 atom stereocenters. The molecule has 3 aromatic heterocycles. The van der Waals surface area contributed by atoms with Crippen molar-refractivity contribution in [3.8, 4) is 0 Å². The van der Waals surface area contributed by atoms with Gasteiger partial charge in [-0.25, -0.2) is 15.0 Å². The number of hydrogen-bond acceptors (Lipinski definition) is 9. The molecule has 9 nitrogen and oxygen atoms in total. The lowest BCUT2D eigenvalue weighted by Gasteiger charge is -2.36. The average molecular weight is 561 g/mol. The summed E-state index contributed by atoms with van der Waals surface area (Å²) in [5.74, 6) is -0.262. The molecule has 0 bridgehead atoms. The Bertz CT molecular complexity index is 1240. The maximum atomic E-state index is 12.9. The van der Waals surface area contributed by atoms with Crippen molar-refractivity contribution in [1.82, 2.24) is 24.2 Å². The highest BCUT2D eigenvalue weighted by Crippen LogP contribution is 2.30. The smallest absolute Gasteiger partial charge is 0.368 e. The van der Waals surface area contributed by atoms with E-state index in [2.05, 4.69) is 30.0 Å². The fraction of sp³-hybridized carbons (Fsp3) is 0.409. The van der Waals surface area contributed by atoms with E-state index >= 15 is 0 Å². The van der Waals surface area contributed by atoms with Gasteiger partial charge in [0.2, 0.25) is 0 Å². The first-order chi connectivity index (χ1) is 17.9. The van der Waals surface area contributed by atoms with Crippen molar-refractivity contribution >= 4 is 39.8 Å². The number of rotatable bonds is 7. The standard InChI is InChI=1S/C22H22F6N8OS/c1-13-18(20(38-34-13)33-17-12-29-15(11-31-17)22(26,27)28)19(37)32-16-3-2-14(10-30-16)36-8-6-35(7-9-36)5-4-21(23,24)25/h2-3,10-12H,4-9H2,1H3,(H,31,33)(H,30,32,37). The second-order valence-electron chi connectivity index (χ2n) is 8.43. The lowest BCUT2D eigenvalue weighted by molar-refractivity contribution is -0.141. The number of piperazine rings is 1. The first-order valence-corrected chi connectivity index (χ1v) is 12.1. The third kappa shape index (κ3) is 7.06. The number of carbonyl (C=O) groups is 1. The van der Waals surface area contributed by atoms with Gasteiger partial charge in [-0.15, -0.1) is 0 Å². The second kappa shape index (κ2) is 11.1. The Hall–Kier alpha value is -3.53. The molecular weight excluding hydrogens is 538 g/mol. The van der Waals surface area contributed by atoms with E-state index in [4.69, 9.17) is 0 Å². The molecule has 3 aromatic rings. The number of aryl methyl sites for hydroxylation is 1. The van der Waals surface area contributed by atoms with Gasteiger partial charge in [-0.3, -0.25) is 9.69 Å². The Morgan fingerprint density at radius 1 is 0.974 bits per heavy atom. The van der Waals surface area contributed by atoms with Gasteiger partial charge in [0.1, 0.15) is 16.6 Å². The number of amides is 1. The number of hydrogen-bond donors (Lipinski definition) is 2. The van der Waals surface area contributed by atoms with Crippen LogP contribution in [-0.2, 0) is 6.18 Å². The number of carbonyl (C=O) groups excluding carboxylic acids is 1. The third-order valence-electron chi connectivity index (χ3n) is 5.71. The van der Waals surface area contributed by atoms with Crippen molar-refractivity contribution in [3.63, 3.8) is 0 Å². The van der Waals surface area contributed by atoms with E-state index in [1.807, 2.05) is 4.90 Å². The van der Waals surface area contributed by atoms with Gasteiger partial charge < -0.3 is 15.5 Å². The predicted molar refractivity (Wildman–Crippen MR) is 129 cm³/mol. The van der Waals surface area contributed by atoms with Crippen molar-refractivity contribution in [1.29, 1.82) is 0 Å². The first-order valence-electron chi connectivity index (χ1n) is 11.3. The van der Waals surface area contributed by atoms with Crippen LogP contribution in [0.5, 0.6) is 0 Å². The number of aromatic nitrogens is 4. The van der Waals surface area contributed by atoms with Gasteiger partial charge >= 0.3 is 12.4 Å². The number of nitrogens with one attached hydrogen (secondary N) is 2. The summed E-state index contributed by atoms with van der Waals surface area (Å²) in [7, 11) is 0. The molecule has 16 heteroatoms. The Morgan fingerprint density at radius 3 is 2.26 bits per heavy atom. The van der Waals surface area contributed by atoms with Gasteiger partial charge in [-0.2, -0.15) is 30.7 Å². The van der Waals surface area contributed by atoms with Crippen LogP contribution in [0.4, 0.5) is 48.7 Å². The lowest BCUT2D eigenvalue weighted by Crippen LogP contribution is -2.47. The van der Waals surface area contributed by atoms with Crippen LogP contribution in [0.15, 0.2) is 30.7 Å². The van der Waals surface area contributed by atoms with Gasteiger partial charge in [-0.05, 0) is 30.6 Å². The zero-order valence-electron chi connectivity index (χ0n) is 19.9. The summed E-state index contributed by atoms with van der Waals surface area (Å²) < 4.78 is 79.6. The van der Waals surface area contributed by atoms with Crippen LogP contribution in [0.25, 0.3) is 0 Å². The number of alkyl halides is 6. The minimum absolute atomic E-state index is 0.0108. The highest BCUT2D eigenvalue weighted by atomic mass is 32.1. The van der Waals surface area contributed by atoms with Crippen molar-refractivity contribution in [2.24, 2.45) is 0 Å². The van der Waals surface area contributed by atoms with Gasteiger partial charge in [0.25, 0.3) is 5.91 Å².